The molecule has 0 aromatic carbocycles. The van der Waals surface area contributed by atoms with E-state index in [0.717, 1.165) is 12.1 Å². The topological polar surface area (TPSA) is 60.3 Å². The minimum atomic E-state index is -0.0958. The second-order valence-electron chi connectivity index (χ2n) is 5.98. The molecule has 1 aliphatic rings. The Kier molecular flexibility index (Phi) is 6.12. The molecular weight excluding hydrogens is 280 g/mol. The highest BCUT2D eigenvalue weighted by Crippen LogP contribution is 2.26. The molecule has 0 spiro atoms. The minimum absolute atomic E-state index is 0.0958. The van der Waals surface area contributed by atoms with Crippen LogP contribution >= 0.6 is 0 Å². The largest absolute Gasteiger partial charge is 0.376 e. The number of rotatable bonds is 7. The summed E-state index contributed by atoms with van der Waals surface area (Å²) in [6, 6.07) is 0. The summed E-state index contributed by atoms with van der Waals surface area (Å²) in [6.45, 7) is 7.40. The van der Waals surface area contributed by atoms with Crippen LogP contribution in [-0.4, -0.2) is 45.1 Å². The summed E-state index contributed by atoms with van der Waals surface area (Å²) in [5, 5.41) is 7.73. The number of carbonyl (C=O) groups is 1. The van der Waals surface area contributed by atoms with Gasteiger partial charge in [0.25, 0.3) is 0 Å². The first kappa shape index (κ1) is 16.7. The predicted molar refractivity (Wildman–Crippen MR) is 84.0 cm³/mol. The first-order chi connectivity index (χ1) is 10.6. The SMILES string of the molecule is C=CC(=O)N(CCOC1CCCCC1C)Cc1cnnn1C. The van der Waals surface area contributed by atoms with Crippen molar-refractivity contribution in [3.63, 3.8) is 0 Å². The second kappa shape index (κ2) is 8.08. The van der Waals surface area contributed by atoms with Gasteiger partial charge in [0, 0.05) is 13.6 Å². The second-order valence-corrected chi connectivity index (χ2v) is 5.98. The average molecular weight is 306 g/mol. The van der Waals surface area contributed by atoms with Gasteiger partial charge in [0.15, 0.2) is 0 Å². The molecule has 122 valence electrons. The van der Waals surface area contributed by atoms with Crippen LogP contribution in [0.4, 0.5) is 0 Å². The zero-order valence-corrected chi connectivity index (χ0v) is 13.6. The quantitative estimate of drug-likeness (QED) is 0.722. The van der Waals surface area contributed by atoms with Gasteiger partial charge in [0.05, 0.1) is 31.1 Å². The van der Waals surface area contributed by atoms with Crippen LogP contribution in [0.1, 0.15) is 38.3 Å². The van der Waals surface area contributed by atoms with Crippen LogP contribution in [-0.2, 0) is 23.1 Å². The molecule has 0 aliphatic heterocycles. The van der Waals surface area contributed by atoms with Gasteiger partial charge in [-0.05, 0) is 24.8 Å². The summed E-state index contributed by atoms with van der Waals surface area (Å²) in [6.07, 6.45) is 8.25. The van der Waals surface area contributed by atoms with E-state index in [1.165, 1.54) is 25.3 Å². The number of aryl methyl sites for hydroxylation is 1. The van der Waals surface area contributed by atoms with Gasteiger partial charge >= 0.3 is 0 Å². The Labute approximate surface area is 132 Å². The highest BCUT2D eigenvalue weighted by atomic mass is 16.5. The Morgan fingerprint density at radius 2 is 2.32 bits per heavy atom. The zero-order chi connectivity index (χ0) is 15.9. The van der Waals surface area contributed by atoms with Gasteiger partial charge in [-0.25, -0.2) is 0 Å². The minimum Gasteiger partial charge on any atom is -0.376 e. The van der Waals surface area contributed by atoms with Crippen molar-refractivity contribution in [1.82, 2.24) is 19.9 Å². The van der Waals surface area contributed by atoms with Crippen LogP contribution in [0.2, 0.25) is 0 Å². The number of hydrogen-bond donors (Lipinski definition) is 0. The maximum Gasteiger partial charge on any atom is 0.246 e. The summed E-state index contributed by atoms with van der Waals surface area (Å²) >= 11 is 0. The van der Waals surface area contributed by atoms with E-state index >= 15 is 0 Å². The van der Waals surface area contributed by atoms with Crippen LogP contribution in [0.5, 0.6) is 0 Å². The lowest BCUT2D eigenvalue weighted by molar-refractivity contribution is -0.128. The number of ether oxygens (including phenoxy) is 1. The highest BCUT2D eigenvalue weighted by Gasteiger charge is 2.22. The van der Waals surface area contributed by atoms with Crippen molar-refractivity contribution in [2.24, 2.45) is 13.0 Å². The molecule has 6 heteroatoms. The first-order valence-electron chi connectivity index (χ1n) is 7.98. The molecule has 0 radical (unpaired) electrons. The van der Waals surface area contributed by atoms with Crippen molar-refractivity contribution in [3.05, 3.63) is 24.5 Å². The van der Waals surface area contributed by atoms with Crippen molar-refractivity contribution in [2.75, 3.05) is 13.2 Å². The zero-order valence-electron chi connectivity index (χ0n) is 13.6. The molecule has 2 unspecified atom stereocenters. The summed E-state index contributed by atoms with van der Waals surface area (Å²) in [7, 11) is 1.82. The number of aromatic nitrogens is 3. The van der Waals surface area contributed by atoms with Gasteiger partial charge in [-0.1, -0.05) is 31.6 Å². The van der Waals surface area contributed by atoms with Crippen molar-refractivity contribution < 1.29 is 9.53 Å². The van der Waals surface area contributed by atoms with E-state index in [4.69, 9.17) is 4.74 Å². The standard InChI is InChI=1S/C16H26N4O2/c1-4-16(21)20(12-14-11-17-18-19(14)3)9-10-22-15-8-6-5-7-13(15)2/h4,11,13,15H,1,5-10,12H2,2-3H3. The lowest BCUT2D eigenvalue weighted by Gasteiger charge is -2.30. The van der Waals surface area contributed by atoms with E-state index in [9.17, 15) is 4.79 Å². The van der Waals surface area contributed by atoms with Gasteiger partial charge in [-0.15, -0.1) is 5.10 Å². The molecule has 1 amide bonds. The lowest BCUT2D eigenvalue weighted by atomic mass is 9.88. The average Bonchev–Trinajstić information content (AvgIpc) is 2.92. The van der Waals surface area contributed by atoms with Gasteiger partial charge < -0.3 is 9.64 Å². The fourth-order valence-electron chi connectivity index (χ4n) is 2.89. The molecule has 1 heterocycles. The molecule has 1 aliphatic carbocycles. The molecule has 1 fully saturated rings. The summed E-state index contributed by atoms with van der Waals surface area (Å²) in [4.78, 5) is 13.7. The molecule has 2 atom stereocenters. The summed E-state index contributed by atoms with van der Waals surface area (Å²) in [5.41, 5.74) is 0.890. The van der Waals surface area contributed by atoms with Crippen LogP contribution in [0.3, 0.4) is 0 Å². The normalized spacial score (nSPS) is 21.5. The Bertz CT molecular complexity index is 500. The van der Waals surface area contributed by atoms with Gasteiger partial charge in [-0.3, -0.25) is 9.48 Å². The first-order valence-corrected chi connectivity index (χ1v) is 7.98. The van der Waals surface area contributed by atoms with E-state index in [-0.39, 0.29) is 5.91 Å². The maximum absolute atomic E-state index is 12.0. The van der Waals surface area contributed by atoms with Crippen molar-refractivity contribution >= 4 is 5.91 Å². The van der Waals surface area contributed by atoms with E-state index in [1.54, 1.807) is 15.8 Å². The fraction of sp³-hybridized carbons (Fsp3) is 0.688. The Hall–Kier alpha value is -1.69. The number of carbonyl (C=O) groups excluding carboxylic acids is 1. The number of nitrogens with zero attached hydrogens (tertiary/aromatic N) is 4. The van der Waals surface area contributed by atoms with E-state index < -0.39 is 0 Å². The van der Waals surface area contributed by atoms with Crippen molar-refractivity contribution in [1.29, 1.82) is 0 Å². The third kappa shape index (κ3) is 4.40. The van der Waals surface area contributed by atoms with Gasteiger partial charge in [0.2, 0.25) is 5.91 Å². The predicted octanol–water partition coefficient (Wildman–Crippen LogP) is 1.92. The number of hydrogen-bond acceptors (Lipinski definition) is 4. The molecule has 6 nitrogen and oxygen atoms in total. The summed E-state index contributed by atoms with van der Waals surface area (Å²) in [5.74, 6) is 0.514. The fourth-order valence-corrected chi connectivity index (χ4v) is 2.89. The maximum atomic E-state index is 12.0. The third-order valence-electron chi connectivity index (χ3n) is 4.37. The molecule has 2 rings (SSSR count). The van der Waals surface area contributed by atoms with Crippen molar-refractivity contribution in [3.8, 4) is 0 Å². The monoisotopic (exact) mass is 306 g/mol. The molecule has 1 aromatic rings. The van der Waals surface area contributed by atoms with Crippen LogP contribution in [0, 0.1) is 5.92 Å². The van der Waals surface area contributed by atoms with Crippen LogP contribution in [0.25, 0.3) is 0 Å². The highest BCUT2D eigenvalue weighted by molar-refractivity contribution is 5.86. The molecule has 0 saturated heterocycles. The molecular formula is C16H26N4O2. The lowest BCUT2D eigenvalue weighted by Crippen LogP contribution is -2.35. The Balaban J connectivity index is 1.86. The van der Waals surface area contributed by atoms with E-state index in [1.807, 2.05) is 7.05 Å². The van der Waals surface area contributed by atoms with Crippen LogP contribution in [0.15, 0.2) is 18.9 Å². The molecule has 0 bridgehead atoms. The Morgan fingerprint density at radius 1 is 1.55 bits per heavy atom. The van der Waals surface area contributed by atoms with Gasteiger partial charge in [0.1, 0.15) is 0 Å². The van der Waals surface area contributed by atoms with E-state index in [2.05, 4.69) is 23.8 Å². The molecule has 22 heavy (non-hydrogen) atoms. The van der Waals surface area contributed by atoms with E-state index in [0.29, 0.717) is 31.7 Å². The van der Waals surface area contributed by atoms with Crippen molar-refractivity contribution in [2.45, 2.75) is 45.3 Å². The smallest absolute Gasteiger partial charge is 0.246 e. The Morgan fingerprint density at radius 3 is 2.95 bits per heavy atom. The molecule has 0 N–H and O–H groups in total. The third-order valence-corrected chi connectivity index (χ3v) is 4.37. The summed E-state index contributed by atoms with van der Waals surface area (Å²) < 4.78 is 7.68. The molecule has 1 saturated carbocycles. The molecule has 1 aromatic heterocycles. The van der Waals surface area contributed by atoms with Crippen LogP contribution < -0.4 is 0 Å². The number of amides is 1. The van der Waals surface area contributed by atoms with Gasteiger partial charge in [-0.2, -0.15) is 0 Å².